The Hall–Kier alpha value is -3.10. The molecule has 1 aromatic rings. The summed E-state index contributed by atoms with van der Waals surface area (Å²) in [5.74, 6) is -0.356. The molecule has 2 fully saturated rings. The average molecular weight is 402 g/mol. The van der Waals surface area contributed by atoms with E-state index in [1.54, 1.807) is 23.1 Å². The Bertz CT molecular complexity index is 849. The van der Waals surface area contributed by atoms with E-state index < -0.39 is 17.5 Å². The van der Waals surface area contributed by atoms with Crippen LogP contribution in [-0.2, 0) is 14.4 Å². The number of benzene rings is 1. The summed E-state index contributed by atoms with van der Waals surface area (Å²) in [6.45, 7) is 3.86. The number of ether oxygens (including phenoxy) is 1. The van der Waals surface area contributed by atoms with E-state index in [-0.39, 0.29) is 18.4 Å². The zero-order valence-corrected chi connectivity index (χ0v) is 16.9. The number of carbonyl (C=O) groups is 4. The van der Waals surface area contributed by atoms with Gasteiger partial charge in [-0.1, -0.05) is 13.8 Å². The maximum absolute atomic E-state index is 12.6. The quantitative estimate of drug-likeness (QED) is 0.677. The molecule has 0 aromatic heterocycles. The van der Waals surface area contributed by atoms with Crippen molar-refractivity contribution >= 4 is 35.1 Å². The third kappa shape index (κ3) is 3.76. The molecule has 9 heteroatoms. The molecule has 2 saturated heterocycles. The maximum atomic E-state index is 12.6. The van der Waals surface area contributed by atoms with Gasteiger partial charge in [0.05, 0.1) is 12.8 Å². The molecule has 0 unspecified atom stereocenters. The van der Waals surface area contributed by atoms with Crippen LogP contribution < -0.4 is 20.3 Å². The first kappa shape index (κ1) is 20.6. The number of carbonyl (C=O) groups excluding carboxylic acids is 4. The Morgan fingerprint density at radius 3 is 2.52 bits per heavy atom. The predicted molar refractivity (Wildman–Crippen MR) is 107 cm³/mol. The number of nitrogens with zero attached hydrogens (tertiary/aromatic N) is 2. The molecule has 0 saturated carbocycles. The van der Waals surface area contributed by atoms with E-state index in [2.05, 4.69) is 10.6 Å². The fourth-order valence-corrected chi connectivity index (χ4v) is 3.77. The molecule has 0 radical (unpaired) electrons. The third-order valence-electron chi connectivity index (χ3n) is 5.58. The van der Waals surface area contributed by atoms with Gasteiger partial charge in [-0.2, -0.15) is 0 Å². The predicted octanol–water partition coefficient (Wildman–Crippen LogP) is 1.87. The van der Waals surface area contributed by atoms with Crippen LogP contribution in [0.25, 0.3) is 0 Å². The average Bonchev–Trinajstić information content (AvgIpc) is 3.24. The van der Waals surface area contributed by atoms with Gasteiger partial charge in [-0.25, -0.2) is 4.79 Å². The number of nitrogens with one attached hydrogen (secondary N) is 2. The maximum Gasteiger partial charge on any atom is 0.325 e. The lowest BCUT2D eigenvalue weighted by atomic mass is 9.93. The van der Waals surface area contributed by atoms with Crippen LogP contribution in [0.1, 0.15) is 39.5 Å². The number of urea groups is 1. The lowest BCUT2D eigenvalue weighted by Crippen LogP contribution is -2.46. The van der Waals surface area contributed by atoms with Crippen LogP contribution >= 0.6 is 0 Å². The standard InChI is InChI=1S/C20H26N4O5/c1-4-20(5-2)18(27)24(19(28)22-20)12-16(25)21-13-8-9-15(29-3)14(11-13)23-10-6-7-17(23)26/h8-9,11H,4-7,10,12H2,1-3H3,(H,21,25)(H,22,28). The minimum Gasteiger partial charge on any atom is -0.495 e. The van der Waals surface area contributed by atoms with Crippen molar-refractivity contribution in [2.24, 2.45) is 0 Å². The molecule has 9 nitrogen and oxygen atoms in total. The Morgan fingerprint density at radius 2 is 1.97 bits per heavy atom. The van der Waals surface area contributed by atoms with Crippen molar-refractivity contribution in [1.29, 1.82) is 0 Å². The van der Waals surface area contributed by atoms with Gasteiger partial charge >= 0.3 is 6.03 Å². The van der Waals surface area contributed by atoms with Gasteiger partial charge in [-0.05, 0) is 37.5 Å². The number of hydrogen-bond donors (Lipinski definition) is 2. The molecule has 2 aliphatic heterocycles. The van der Waals surface area contributed by atoms with Crippen LogP contribution in [0.4, 0.5) is 16.2 Å². The number of hydrogen-bond acceptors (Lipinski definition) is 5. The molecule has 2 heterocycles. The van der Waals surface area contributed by atoms with Crippen LogP contribution in [0, 0.1) is 0 Å². The Morgan fingerprint density at radius 1 is 1.24 bits per heavy atom. The number of imide groups is 1. The second-order valence-corrected chi connectivity index (χ2v) is 7.19. The van der Waals surface area contributed by atoms with E-state index in [9.17, 15) is 19.2 Å². The Balaban J connectivity index is 1.73. The molecule has 3 rings (SSSR count). The summed E-state index contributed by atoms with van der Waals surface area (Å²) in [6, 6.07) is 4.42. The summed E-state index contributed by atoms with van der Waals surface area (Å²) < 4.78 is 5.34. The van der Waals surface area contributed by atoms with Gasteiger partial charge in [0.25, 0.3) is 5.91 Å². The molecule has 2 N–H and O–H groups in total. The molecule has 0 aliphatic carbocycles. The first-order valence-electron chi connectivity index (χ1n) is 9.77. The van der Waals surface area contributed by atoms with Crippen molar-refractivity contribution in [3.8, 4) is 5.75 Å². The van der Waals surface area contributed by atoms with E-state index in [1.165, 1.54) is 7.11 Å². The summed E-state index contributed by atoms with van der Waals surface area (Å²) in [6.07, 6.45) is 2.15. The van der Waals surface area contributed by atoms with E-state index >= 15 is 0 Å². The van der Waals surface area contributed by atoms with Gasteiger partial charge < -0.3 is 20.3 Å². The Kier molecular flexibility index (Phi) is 5.76. The molecule has 29 heavy (non-hydrogen) atoms. The number of methoxy groups -OCH3 is 1. The number of rotatable bonds is 7. The molecule has 0 bridgehead atoms. The van der Waals surface area contributed by atoms with E-state index in [4.69, 9.17) is 4.74 Å². The van der Waals surface area contributed by atoms with E-state index in [0.717, 1.165) is 11.3 Å². The van der Waals surface area contributed by atoms with Crippen LogP contribution in [0.5, 0.6) is 5.75 Å². The van der Waals surface area contributed by atoms with Gasteiger partial charge in [-0.3, -0.25) is 19.3 Å². The highest BCUT2D eigenvalue weighted by Crippen LogP contribution is 2.34. The van der Waals surface area contributed by atoms with Crippen molar-refractivity contribution in [3.05, 3.63) is 18.2 Å². The summed E-state index contributed by atoms with van der Waals surface area (Å²) >= 11 is 0. The lowest BCUT2D eigenvalue weighted by molar-refractivity contribution is -0.134. The zero-order chi connectivity index (χ0) is 21.2. The normalized spacial score (nSPS) is 18.2. The fraction of sp³-hybridized carbons (Fsp3) is 0.500. The van der Waals surface area contributed by atoms with Crippen molar-refractivity contribution < 1.29 is 23.9 Å². The number of anilines is 2. The van der Waals surface area contributed by atoms with Crippen molar-refractivity contribution in [1.82, 2.24) is 10.2 Å². The van der Waals surface area contributed by atoms with Crippen molar-refractivity contribution in [2.75, 3.05) is 30.4 Å². The highest BCUT2D eigenvalue weighted by molar-refractivity contribution is 6.10. The molecule has 5 amide bonds. The first-order valence-corrected chi connectivity index (χ1v) is 9.77. The molecular formula is C20H26N4O5. The molecule has 0 spiro atoms. The molecule has 2 aliphatic rings. The summed E-state index contributed by atoms with van der Waals surface area (Å²) in [5, 5.41) is 5.40. The smallest absolute Gasteiger partial charge is 0.325 e. The van der Waals surface area contributed by atoms with Gasteiger partial charge in [0.1, 0.15) is 17.8 Å². The summed E-state index contributed by atoms with van der Waals surface area (Å²) in [4.78, 5) is 52.0. The lowest BCUT2D eigenvalue weighted by Gasteiger charge is -2.23. The Labute approximate surface area is 169 Å². The van der Waals surface area contributed by atoms with Crippen LogP contribution in [0.15, 0.2) is 18.2 Å². The SMILES string of the molecule is CCC1(CC)NC(=O)N(CC(=O)Nc2ccc(OC)c(N3CCCC3=O)c2)C1=O. The largest absolute Gasteiger partial charge is 0.495 e. The third-order valence-corrected chi connectivity index (χ3v) is 5.58. The number of amides is 5. The highest BCUT2D eigenvalue weighted by Gasteiger charge is 2.49. The van der Waals surface area contributed by atoms with Crippen molar-refractivity contribution in [2.45, 2.75) is 45.1 Å². The summed E-state index contributed by atoms with van der Waals surface area (Å²) in [5.41, 5.74) is 0.0920. The van der Waals surface area contributed by atoms with E-state index in [0.29, 0.717) is 42.9 Å². The summed E-state index contributed by atoms with van der Waals surface area (Å²) in [7, 11) is 1.52. The second kappa shape index (κ2) is 8.10. The minimum atomic E-state index is -0.944. The van der Waals surface area contributed by atoms with Gasteiger partial charge in [-0.15, -0.1) is 0 Å². The van der Waals surface area contributed by atoms with Crippen LogP contribution in [0.3, 0.4) is 0 Å². The van der Waals surface area contributed by atoms with Crippen molar-refractivity contribution in [3.63, 3.8) is 0 Å². The van der Waals surface area contributed by atoms with Gasteiger partial charge in [0.15, 0.2) is 0 Å². The topological polar surface area (TPSA) is 108 Å². The monoisotopic (exact) mass is 402 g/mol. The van der Waals surface area contributed by atoms with Gasteiger partial charge in [0, 0.05) is 18.7 Å². The highest BCUT2D eigenvalue weighted by atomic mass is 16.5. The zero-order valence-electron chi connectivity index (χ0n) is 16.9. The van der Waals surface area contributed by atoms with Crippen LogP contribution in [0.2, 0.25) is 0 Å². The van der Waals surface area contributed by atoms with Crippen LogP contribution in [-0.4, -0.2) is 54.4 Å². The molecule has 156 valence electrons. The van der Waals surface area contributed by atoms with Gasteiger partial charge in [0.2, 0.25) is 11.8 Å². The molecule has 1 aromatic carbocycles. The minimum absolute atomic E-state index is 0.00146. The second-order valence-electron chi connectivity index (χ2n) is 7.19. The molecular weight excluding hydrogens is 376 g/mol. The first-order chi connectivity index (χ1) is 13.8. The fourth-order valence-electron chi connectivity index (χ4n) is 3.77. The van der Waals surface area contributed by atoms with E-state index in [1.807, 2.05) is 13.8 Å². The molecule has 0 atom stereocenters.